The predicted octanol–water partition coefficient (Wildman–Crippen LogP) is 2.08. The normalized spacial score (nSPS) is 21.5. The first-order valence-electron chi connectivity index (χ1n) is 8.49. The molecule has 1 aliphatic heterocycles. The number of H-pyrrole nitrogens is 1. The zero-order valence-corrected chi connectivity index (χ0v) is 13.9. The van der Waals surface area contributed by atoms with Crippen LogP contribution in [0.4, 0.5) is 0 Å². The number of carbonyl (C=O) groups excluding carboxylic acids is 2. The van der Waals surface area contributed by atoms with E-state index < -0.39 is 0 Å². The van der Waals surface area contributed by atoms with Crippen molar-refractivity contribution < 1.29 is 14.3 Å². The minimum absolute atomic E-state index is 0.0749. The molecule has 23 heavy (non-hydrogen) atoms. The zero-order chi connectivity index (χ0) is 16.4. The lowest BCUT2D eigenvalue weighted by Crippen LogP contribution is -2.43. The molecule has 6 nitrogen and oxygen atoms in total. The second-order valence-electron chi connectivity index (χ2n) is 6.62. The number of aromatic amines is 1. The SMILES string of the molecule is Cc1n[nH]c(C)c1C1COCCN1C(=O)CCCC(=O)C1CC1. The molecule has 1 aromatic rings. The maximum absolute atomic E-state index is 12.6. The van der Waals surface area contributed by atoms with Crippen molar-refractivity contribution in [3.8, 4) is 0 Å². The van der Waals surface area contributed by atoms with Crippen molar-refractivity contribution in [3.05, 3.63) is 17.0 Å². The number of hydrogen-bond acceptors (Lipinski definition) is 4. The van der Waals surface area contributed by atoms with E-state index in [2.05, 4.69) is 10.2 Å². The fourth-order valence-corrected chi connectivity index (χ4v) is 3.36. The van der Waals surface area contributed by atoms with E-state index in [1.54, 1.807) is 0 Å². The smallest absolute Gasteiger partial charge is 0.223 e. The van der Waals surface area contributed by atoms with Gasteiger partial charge in [-0.15, -0.1) is 0 Å². The van der Waals surface area contributed by atoms with E-state index in [1.165, 1.54) is 0 Å². The molecule has 1 aromatic heterocycles. The molecule has 0 bridgehead atoms. The Bertz CT molecular complexity index is 572. The number of amides is 1. The van der Waals surface area contributed by atoms with Crippen LogP contribution in [-0.4, -0.2) is 46.5 Å². The lowest BCUT2D eigenvalue weighted by molar-refractivity contribution is -0.140. The van der Waals surface area contributed by atoms with Crippen molar-refractivity contribution in [2.75, 3.05) is 19.8 Å². The minimum Gasteiger partial charge on any atom is -0.377 e. The predicted molar refractivity (Wildman–Crippen MR) is 84.9 cm³/mol. The fraction of sp³-hybridized carbons (Fsp3) is 0.706. The quantitative estimate of drug-likeness (QED) is 0.871. The zero-order valence-electron chi connectivity index (χ0n) is 13.9. The summed E-state index contributed by atoms with van der Waals surface area (Å²) in [6.45, 7) is 5.60. The van der Waals surface area contributed by atoms with Crippen molar-refractivity contribution in [1.29, 1.82) is 0 Å². The Morgan fingerprint density at radius 1 is 1.30 bits per heavy atom. The first-order chi connectivity index (χ1) is 11.1. The summed E-state index contributed by atoms with van der Waals surface area (Å²) in [5.41, 5.74) is 2.96. The molecule has 2 aliphatic rings. The molecule has 1 aliphatic carbocycles. The molecule has 1 amide bonds. The maximum atomic E-state index is 12.6. The topological polar surface area (TPSA) is 75.3 Å². The number of nitrogens with zero attached hydrogens (tertiary/aromatic N) is 2. The van der Waals surface area contributed by atoms with Gasteiger partial charge in [0, 0.05) is 36.6 Å². The van der Waals surface area contributed by atoms with Crippen molar-refractivity contribution in [2.24, 2.45) is 5.92 Å². The highest BCUT2D eigenvalue weighted by Crippen LogP contribution is 2.32. The average Bonchev–Trinajstić information content (AvgIpc) is 3.33. The molecule has 2 heterocycles. The van der Waals surface area contributed by atoms with E-state index in [9.17, 15) is 9.59 Å². The monoisotopic (exact) mass is 319 g/mol. The number of ether oxygens (including phenoxy) is 1. The Morgan fingerprint density at radius 2 is 2.09 bits per heavy atom. The second-order valence-corrected chi connectivity index (χ2v) is 6.62. The molecule has 1 saturated heterocycles. The molecule has 6 heteroatoms. The number of ketones is 1. The van der Waals surface area contributed by atoms with Crippen LogP contribution in [-0.2, 0) is 14.3 Å². The summed E-state index contributed by atoms with van der Waals surface area (Å²) >= 11 is 0. The van der Waals surface area contributed by atoms with Crippen LogP contribution in [0.3, 0.4) is 0 Å². The molecule has 0 aromatic carbocycles. The highest BCUT2D eigenvalue weighted by Gasteiger charge is 2.32. The number of nitrogens with one attached hydrogen (secondary N) is 1. The van der Waals surface area contributed by atoms with Crippen molar-refractivity contribution in [1.82, 2.24) is 15.1 Å². The van der Waals surface area contributed by atoms with Gasteiger partial charge in [0.2, 0.25) is 5.91 Å². The van der Waals surface area contributed by atoms with Gasteiger partial charge in [0.1, 0.15) is 5.78 Å². The summed E-state index contributed by atoms with van der Waals surface area (Å²) in [5, 5.41) is 7.22. The van der Waals surface area contributed by atoms with Crippen LogP contribution in [0.15, 0.2) is 0 Å². The summed E-state index contributed by atoms with van der Waals surface area (Å²) in [6, 6.07) is -0.0749. The molecule has 2 fully saturated rings. The number of hydrogen-bond donors (Lipinski definition) is 1. The lowest BCUT2D eigenvalue weighted by Gasteiger charge is -2.36. The van der Waals surface area contributed by atoms with Gasteiger partial charge in [-0.2, -0.15) is 5.10 Å². The van der Waals surface area contributed by atoms with E-state index in [4.69, 9.17) is 4.74 Å². The van der Waals surface area contributed by atoms with Crippen LogP contribution in [0.5, 0.6) is 0 Å². The number of Topliss-reactive ketones (excluding diaryl/α,β-unsaturated/α-hetero) is 1. The third-order valence-corrected chi connectivity index (χ3v) is 4.81. The standard InChI is InChI=1S/C17H25N3O3/c1-11-17(12(2)19-18-11)14-10-23-9-8-20(14)16(22)5-3-4-15(21)13-6-7-13/h13-14H,3-10H2,1-2H3,(H,18,19). The van der Waals surface area contributed by atoms with Gasteiger partial charge in [0.05, 0.1) is 24.9 Å². The van der Waals surface area contributed by atoms with Crippen LogP contribution in [0.1, 0.15) is 55.1 Å². The fourth-order valence-electron chi connectivity index (χ4n) is 3.36. The molecule has 1 saturated carbocycles. The third kappa shape index (κ3) is 3.63. The second kappa shape index (κ2) is 6.83. The third-order valence-electron chi connectivity index (χ3n) is 4.81. The van der Waals surface area contributed by atoms with Crippen molar-refractivity contribution in [2.45, 2.75) is 52.0 Å². The van der Waals surface area contributed by atoms with Gasteiger partial charge in [0.15, 0.2) is 0 Å². The summed E-state index contributed by atoms with van der Waals surface area (Å²) < 4.78 is 5.59. The summed E-state index contributed by atoms with van der Waals surface area (Å²) in [5.74, 6) is 0.734. The van der Waals surface area contributed by atoms with Gasteiger partial charge in [-0.25, -0.2) is 0 Å². The number of morpholine rings is 1. The van der Waals surface area contributed by atoms with Gasteiger partial charge in [-0.3, -0.25) is 14.7 Å². The maximum Gasteiger partial charge on any atom is 0.223 e. The highest BCUT2D eigenvalue weighted by atomic mass is 16.5. The Balaban J connectivity index is 1.61. The van der Waals surface area contributed by atoms with E-state index in [0.717, 1.165) is 29.8 Å². The first-order valence-corrected chi connectivity index (χ1v) is 8.49. The Hall–Kier alpha value is -1.69. The largest absolute Gasteiger partial charge is 0.377 e. The Morgan fingerprint density at radius 3 is 2.74 bits per heavy atom. The number of aryl methyl sites for hydroxylation is 2. The molecule has 1 N–H and O–H groups in total. The molecule has 126 valence electrons. The number of aromatic nitrogens is 2. The molecule has 1 unspecified atom stereocenters. The molecular formula is C17H25N3O3. The molecular weight excluding hydrogens is 294 g/mol. The molecule has 0 spiro atoms. The van der Waals surface area contributed by atoms with Crippen LogP contribution in [0.2, 0.25) is 0 Å². The van der Waals surface area contributed by atoms with Crippen LogP contribution >= 0.6 is 0 Å². The first kappa shape index (κ1) is 16.2. The number of carbonyl (C=O) groups is 2. The van der Waals surface area contributed by atoms with Gasteiger partial charge in [-0.05, 0) is 33.1 Å². The highest BCUT2D eigenvalue weighted by molar-refractivity contribution is 5.84. The average molecular weight is 319 g/mol. The van der Waals surface area contributed by atoms with Gasteiger partial charge < -0.3 is 9.64 Å². The molecule has 1 atom stereocenters. The van der Waals surface area contributed by atoms with Gasteiger partial charge >= 0.3 is 0 Å². The van der Waals surface area contributed by atoms with Gasteiger partial charge in [0.25, 0.3) is 0 Å². The van der Waals surface area contributed by atoms with Crippen LogP contribution < -0.4 is 0 Å². The van der Waals surface area contributed by atoms with Gasteiger partial charge in [-0.1, -0.05) is 0 Å². The van der Waals surface area contributed by atoms with Crippen molar-refractivity contribution in [3.63, 3.8) is 0 Å². The van der Waals surface area contributed by atoms with E-state index in [1.807, 2.05) is 18.7 Å². The Kier molecular flexibility index (Phi) is 4.80. The summed E-state index contributed by atoms with van der Waals surface area (Å²) in [4.78, 5) is 26.3. The lowest BCUT2D eigenvalue weighted by atomic mass is 10.0. The van der Waals surface area contributed by atoms with E-state index in [0.29, 0.717) is 44.8 Å². The summed E-state index contributed by atoms with van der Waals surface area (Å²) in [6.07, 6.45) is 3.70. The molecule has 3 rings (SSSR count). The van der Waals surface area contributed by atoms with E-state index >= 15 is 0 Å². The molecule has 0 radical (unpaired) electrons. The van der Waals surface area contributed by atoms with Crippen LogP contribution in [0.25, 0.3) is 0 Å². The van der Waals surface area contributed by atoms with Crippen molar-refractivity contribution >= 4 is 11.7 Å². The summed E-state index contributed by atoms with van der Waals surface area (Å²) in [7, 11) is 0. The number of rotatable bonds is 6. The van der Waals surface area contributed by atoms with Crippen LogP contribution in [0, 0.1) is 19.8 Å². The minimum atomic E-state index is -0.0749. The Labute approximate surface area is 136 Å². The van der Waals surface area contributed by atoms with E-state index in [-0.39, 0.29) is 17.9 Å².